The van der Waals surface area contributed by atoms with Gasteiger partial charge in [-0.3, -0.25) is 18.9 Å². The van der Waals surface area contributed by atoms with E-state index in [1.807, 2.05) is 37.3 Å². The van der Waals surface area contributed by atoms with E-state index in [4.69, 9.17) is 0 Å². The topological polar surface area (TPSA) is 83.8 Å². The van der Waals surface area contributed by atoms with Crippen LogP contribution in [0.3, 0.4) is 0 Å². The summed E-state index contributed by atoms with van der Waals surface area (Å²) in [5, 5.41) is 2.90. The number of aromatic nitrogens is 2. The van der Waals surface area contributed by atoms with E-state index in [0.717, 1.165) is 23.1 Å². The van der Waals surface area contributed by atoms with Crippen molar-refractivity contribution in [2.24, 2.45) is 0 Å². The Morgan fingerprint density at radius 1 is 1.14 bits per heavy atom. The highest BCUT2D eigenvalue weighted by Crippen LogP contribution is 2.41. The Labute approximate surface area is 160 Å². The zero-order valence-electron chi connectivity index (χ0n) is 15.3. The summed E-state index contributed by atoms with van der Waals surface area (Å²) in [6.45, 7) is 1.83. The number of urea groups is 1. The quantitative estimate of drug-likeness (QED) is 0.695. The van der Waals surface area contributed by atoms with Gasteiger partial charge < -0.3 is 5.32 Å². The summed E-state index contributed by atoms with van der Waals surface area (Å²) in [7, 11) is 0. The van der Waals surface area contributed by atoms with Crippen LogP contribution in [-0.4, -0.2) is 26.2 Å². The number of hydrogen-bond acceptors (Lipinski definition) is 4. The molecule has 2 aromatic heterocycles. The molecule has 1 saturated heterocycles. The second-order valence-corrected chi connectivity index (χ2v) is 7.35. The van der Waals surface area contributed by atoms with Crippen molar-refractivity contribution in [3.63, 3.8) is 0 Å². The third-order valence-corrected chi connectivity index (χ3v) is 5.68. The summed E-state index contributed by atoms with van der Waals surface area (Å²) in [4.78, 5) is 44.0. The van der Waals surface area contributed by atoms with Gasteiger partial charge in [0.2, 0.25) is 0 Å². The average molecular weight is 374 g/mol. The van der Waals surface area contributed by atoms with Crippen molar-refractivity contribution in [1.82, 2.24) is 19.6 Å². The minimum Gasteiger partial charge on any atom is -0.319 e. The Kier molecular flexibility index (Phi) is 3.43. The number of amides is 3. The normalized spacial score (nSPS) is 20.8. The van der Waals surface area contributed by atoms with E-state index in [0.29, 0.717) is 17.8 Å². The number of imide groups is 1. The average Bonchev–Trinajstić information content (AvgIpc) is 3.16. The Hall–Kier alpha value is -3.48. The Morgan fingerprint density at radius 2 is 1.96 bits per heavy atom. The minimum absolute atomic E-state index is 0.0331. The van der Waals surface area contributed by atoms with E-state index < -0.39 is 11.6 Å². The van der Waals surface area contributed by atoms with Crippen molar-refractivity contribution in [3.8, 4) is 0 Å². The summed E-state index contributed by atoms with van der Waals surface area (Å²) in [5.74, 6) is -0.283. The van der Waals surface area contributed by atoms with Crippen molar-refractivity contribution in [3.05, 3.63) is 81.4 Å². The monoisotopic (exact) mass is 374 g/mol. The van der Waals surface area contributed by atoms with Crippen LogP contribution < -0.4 is 10.9 Å². The molecule has 3 amide bonds. The van der Waals surface area contributed by atoms with Gasteiger partial charge in [0.05, 0.1) is 12.2 Å². The van der Waals surface area contributed by atoms with Gasteiger partial charge in [-0.05, 0) is 42.5 Å². The highest BCUT2D eigenvalue weighted by molar-refractivity contribution is 6.08. The summed E-state index contributed by atoms with van der Waals surface area (Å²) in [6.07, 6.45) is 2.94. The first-order valence-electron chi connectivity index (χ1n) is 9.20. The fourth-order valence-electron chi connectivity index (χ4n) is 4.29. The maximum Gasteiger partial charge on any atom is 0.325 e. The molecule has 3 heterocycles. The minimum atomic E-state index is -1.00. The number of aryl methyl sites for hydroxylation is 2. The molecule has 2 aliphatic rings. The zero-order chi connectivity index (χ0) is 19.5. The van der Waals surface area contributed by atoms with Crippen LogP contribution in [0.1, 0.15) is 28.8 Å². The maximum absolute atomic E-state index is 13.3. The number of benzene rings is 1. The fourth-order valence-corrected chi connectivity index (χ4v) is 4.29. The molecule has 0 unspecified atom stereocenters. The largest absolute Gasteiger partial charge is 0.325 e. The van der Waals surface area contributed by atoms with Gasteiger partial charge in [-0.2, -0.15) is 0 Å². The third-order valence-electron chi connectivity index (χ3n) is 5.68. The SMILES string of the molecule is Cc1cccn2c(=O)cc(CN3C(=O)N[C@]4(CCc5ccccc54)C3=O)nc12. The Morgan fingerprint density at radius 3 is 2.82 bits per heavy atom. The van der Waals surface area contributed by atoms with Crippen molar-refractivity contribution in [1.29, 1.82) is 0 Å². The van der Waals surface area contributed by atoms with Gasteiger partial charge in [-0.25, -0.2) is 9.78 Å². The van der Waals surface area contributed by atoms with E-state index in [1.165, 1.54) is 15.4 Å². The van der Waals surface area contributed by atoms with Crippen LogP contribution in [0.2, 0.25) is 0 Å². The first kappa shape index (κ1) is 16.7. The van der Waals surface area contributed by atoms with Crippen LogP contribution in [-0.2, 0) is 23.3 Å². The molecule has 0 saturated carbocycles. The van der Waals surface area contributed by atoms with E-state index in [1.54, 1.807) is 12.3 Å². The van der Waals surface area contributed by atoms with Crippen LogP contribution in [0.5, 0.6) is 0 Å². The van der Waals surface area contributed by atoms with E-state index in [2.05, 4.69) is 10.3 Å². The van der Waals surface area contributed by atoms with Crippen LogP contribution in [0, 0.1) is 6.92 Å². The van der Waals surface area contributed by atoms with Crippen molar-refractivity contribution < 1.29 is 9.59 Å². The number of nitrogens with zero attached hydrogens (tertiary/aromatic N) is 3. The fraction of sp³-hybridized carbons (Fsp3) is 0.238. The number of rotatable bonds is 2. The summed E-state index contributed by atoms with van der Waals surface area (Å²) in [5.41, 5.74) is 2.46. The lowest BCUT2D eigenvalue weighted by molar-refractivity contribution is -0.132. The van der Waals surface area contributed by atoms with Crippen LogP contribution >= 0.6 is 0 Å². The standard InChI is InChI=1S/C21H18N4O3/c1-13-5-4-10-24-17(26)11-15(22-18(13)24)12-25-19(27)21(23-20(25)28)9-8-14-6-2-3-7-16(14)21/h2-7,10-11H,8-9,12H2,1H3,(H,23,28)/t21-/m0/s1. The molecule has 1 atom stereocenters. The molecule has 7 heteroatoms. The first-order valence-corrected chi connectivity index (χ1v) is 9.20. The number of pyridine rings is 1. The second-order valence-electron chi connectivity index (χ2n) is 7.35. The van der Waals surface area contributed by atoms with Crippen molar-refractivity contribution in [2.45, 2.75) is 31.8 Å². The van der Waals surface area contributed by atoms with Crippen molar-refractivity contribution in [2.75, 3.05) is 0 Å². The van der Waals surface area contributed by atoms with Crippen LogP contribution in [0.25, 0.3) is 5.65 Å². The molecule has 1 aliphatic heterocycles. The lowest BCUT2D eigenvalue weighted by Crippen LogP contribution is -2.41. The molecular weight excluding hydrogens is 356 g/mol. The summed E-state index contributed by atoms with van der Waals surface area (Å²) in [6, 6.07) is 12.3. The lowest BCUT2D eigenvalue weighted by Gasteiger charge is -2.22. The van der Waals surface area contributed by atoms with E-state index in [-0.39, 0.29) is 18.0 Å². The molecule has 3 aromatic rings. The van der Waals surface area contributed by atoms with Crippen molar-refractivity contribution >= 4 is 17.6 Å². The maximum atomic E-state index is 13.3. The second kappa shape index (κ2) is 5.76. The molecule has 0 radical (unpaired) electrons. The molecule has 7 nitrogen and oxygen atoms in total. The number of carbonyl (C=O) groups excluding carboxylic acids is 2. The summed E-state index contributed by atoms with van der Waals surface area (Å²) < 4.78 is 1.46. The highest BCUT2D eigenvalue weighted by Gasteiger charge is 2.55. The molecule has 1 aromatic carbocycles. The molecular formula is C21H18N4O3. The summed E-state index contributed by atoms with van der Waals surface area (Å²) >= 11 is 0. The van der Waals surface area contributed by atoms with Gasteiger partial charge in [0.15, 0.2) is 0 Å². The molecule has 28 heavy (non-hydrogen) atoms. The molecule has 5 rings (SSSR count). The molecule has 140 valence electrons. The zero-order valence-corrected chi connectivity index (χ0v) is 15.3. The number of fused-ring (bicyclic) bond motifs is 3. The number of nitrogens with one attached hydrogen (secondary N) is 1. The van der Waals surface area contributed by atoms with Gasteiger partial charge in [0, 0.05) is 12.3 Å². The number of hydrogen-bond donors (Lipinski definition) is 1. The molecule has 1 N–H and O–H groups in total. The highest BCUT2D eigenvalue weighted by atomic mass is 16.2. The predicted octanol–water partition coefficient (Wildman–Crippen LogP) is 1.90. The van der Waals surface area contributed by atoms with E-state index in [9.17, 15) is 14.4 Å². The predicted molar refractivity (Wildman–Crippen MR) is 102 cm³/mol. The van der Waals surface area contributed by atoms with Crippen LogP contribution in [0.4, 0.5) is 4.79 Å². The molecule has 1 fully saturated rings. The lowest BCUT2D eigenvalue weighted by atomic mass is 9.92. The smallest absolute Gasteiger partial charge is 0.319 e. The number of carbonyl (C=O) groups is 2. The van der Waals surface area contributed by atoms with E-state index >= 15 is 0 Å². The molecule has 1 spiro atoms. The molecule has 1 aliphatic carbocycles. The van der Waals surface area contributed by atoms with Gasteiger partial charge in [-0.1, -0.05) is 30.3 Å². The Balaban J connectivity index is 1.53. The third kappa shape index (κ3) is 2.22. The Bertz CT molecular complexity index is 1220. The van der Waals surface area contributed by atoms with Gasteiger partial charge in [-0.15, -0.1) is 0 Å². The van der Waals surface area contributed by atoms with Gasteiger partial charge in [0.25, 0.3) is 11.5 Å². The van der Waals surface area contributed by atoms with Crippen LogP contribution in [0.15, 0.2) is 53.5 Å². The van der Waals surface area contributed by atoms with Gasteiger partial charge in [0.1, 0.15) is 11.2 Å². The molecule has 0 bridgehead atoms. The van der Waals surface area contributed by atoms with Gasteiger partial charge >= 0.3 is 6.03 Å². The first-order chi connectivity index (χ1) is 13.5.